The molecular formula is C17H23ClN2O4. The quantitative estimate of drug-likeness (QED) is 0.784. The van der Waals surface area contributed by atoms with E-state index in [1.807, 2.05) is 4.90 Å². The Morgan fingerprint density at radius 1 is 1.46 bits per heavy atom. The number of benzene rings is 1. The zero-order valence-electron chi connectivity index (χ0n) is 14.1. The van der Waals surface area contributed by atoms with E-state index in [4.69, 9.17) is 25.8 Å². The Labute approximate surface area is 147 Å². The second kappa shape index (κ2) is 7.59. The van der Waals surface area contributed by atoms with Crippen molar-refractivity contribution >= 4 is 17.5 Å². The minimum atomic E-state index is -0.00200. The fraction of sp³-hybridized carbons (Fsp3) is 0.588. The molecule has 2 aliphatic heterocycles. The third-order valence-corrected chi connectivity index (χ3v) is 4.79. The molecule has 6 nitrogen and oxygen atoms in total. The summed E-state index contributed by atoms with van der Waals surface area (Å²) < 4.78 is 15.8. The van der Waals surface area contributed by atoms with Crippen molar-refractivity contribution in [2.75, 3.05) is 47.2 Å². The minimum Gasteiger partial charge on any atom is -0.454 e. The SMILES string of the molecule is COCCN(C)C[C@@H]1CCCN1C(=O)c1cc(Cl)c2c(c1)OCO2. The van der Waals surface area contributed by atoms with E-state index in [1.165, 1.54) is 0 Å². The molecule has 1 saturated heterocycles. The van der Waals surface area contributed by atoms with E-state index in [0.29, 0.717) is 28.7 Å². The highest BCUT2D eigenvalue weighted by Gasteiger charge is 2.31. The van der Waals surface area contributed by atoms with Crippen LogP contribution >= 0.6 is 11.6 Å². The van der Waals surface area contributed by atoms with Crippen LogP contribution < -0.4 is 9.47 Å². The molecule has 0 radical (unpaired) electrons. The van der Waals surface area contributed by atoms with Gasteiger partial charge in [0.2, 0.25) is 6.79 Å². The molecule has 2 heterocycles. The van der Waals surface area contributed by atoms with Crippen LogP contribution in [-0.4, -0.2) is 68.9 Å². The first-order valence-corrected chi connectivity index (χ1v) is 8.55. The van der Waals surface area contributed by atoms with Gasteiger partial charge in [0.25, 0.3) is 5.91 Å². The maximum atomic E-state index is 12.9. The number of rotatable bonds is 6. The number of nitrogens with zero attached hydrogens (tertiary/aromatic N) is 2. The van der Waals surface area contributed by atoms with Crippen molar-refractivity contribution in [3.05, 3.63) is 22.7 Å². The number of carbonyl (C=O) groups is 1. The Hall–Kier alpha value is -1.50. The topological polar surface area (TPSA) is 51.2 Å². The normalized spacial score (nSPS) is 19.3. The summed E-state index contributed by atoms with van der Waals surface area (Å²) in [5.74, 6) is 1.06. The van der Waals surface area contributed by atoms with Crippen LogP contribution in [0.4, 0.5) is 0 Å². The molecular weight excluding hydrogens is 332 g/mol. The fourth-order valence-electron chi connectivity index (χ4n) is 3.25. The summed E-state index contributed by atoms with van der Waals surface area (Å²) in [5, 5.41) is 0.418. The Morgan fingerprint density at radius 3 is 3.08 bits per heavy atom. The summed E-state index contributed by atoms with van der Waals surface area (Å²) in [4.78, 5) is 17.1. The van der Waals surface area contributed by atoms with Crippen molar-refractivity contribution in [1.29, 1.82) is 0 Å². The molecule has 0 saturated carbocycles. The molecule has 0 bridgehead atoms. The van der Waals surface area contributed by atoms with E-state index in [1.54, 1.807) is 19.2 Å². The first kappa shape index (κ1) is 17.3. The minimum absolute atomic E-state index is 0.00200. The molecule has 0 unspecified atom stereocenters. The van der Waals surface area contributed by atoms with Gasteiger partial charge >= 0.3 is 0 Å². The van der Waals surface area contributed by atoms with Gasteiger partial charge in [0.1, 0.15) is 0 Å². The number of halogens is 1. The lowest BCUT2D eigenvalue weighted by Gasteiger charge is -2.29. The Balaban J connectivity index is 1.71. The number of fused-ring (bicyclic) bond motifs is 1. The second-order valence-electron chi connectivity index (χ2n) is 6.24. The number of amides is 1. The summed E-state index contributed by atoms with van der Waals surface area (Å²) in [7, 11) is 3.75. The van der Waals surface area contributed by atoms with Gasteiger partial charge in [-0.05, 0) is 32.0 Å². The van der Waals surface area contributed by atoms with E-state index in [-0.39, 0.29) is 18.7 Å². The highest BCUT2D eigenvalue weighted by atomic mass is 35.5. The smallest absolute Gasteiger partial charge is 0.254 e. The Morgan fingerprint density at radius 2 is 2.29 bits per heavy atom. The summed E-state index contributed by atoms with van der Waals surface area (Å²) in [6.07, 6.45) is 2.04. The van der Waals surface area contributed by atoms with Crippen LogP contribution in [0, 0.1) is 0 Å². The lowest BCUT2D eigenvalue weighted by atomic mass is 10.1. The number of hydrogen-bond acceptors (Lipinski definition) is 5. The van der Waals surface area contributed by atoms with E-state index >= 15 is 0 Å². The molecule has 2 aliphatic rings. The molecule has 1 aromatic rings. The average Bonchev–Trinajstić information content (AvgIpc) is 3.21. The molecule has 3 rings (SSSR count). The number of ether oxygens (including phenoxy) is 3. The van der Waals surface area contributed by atoms with Crippen LogP contribution in [0.2, 0.25) is 5.02 Å². The predicted molar refractivity (Wildman–Crippen MR) is 91.0 cm³/mol. The van der Waals surface area contributed by atoms with Crippen LogP contribution in [0.15, 0.2) is 12.1 Å². The van der Waals surface area contributed by atoms with Gasteiger partial charge in [-0.15, -0.1) is 0 Å². The molecule has 132 valence electrons. The van der Waals surface area contributed by atoms with Gasteiger partial charge in [-0.2, -0.15) is 0 Å². The van der Waals surface area contributed by atoms with E-state index in [0.717, 1.165) is 32.5 Å². The van der Waals surface area contributed by atoms with E-state index in [2.05, 4.69) is 11.9 Å². The fourth-order valence-corrected chi connectivity index (χ4v) is 3.51. The van der Waals surface area contributed by atoms with Crippen molar-refractivity contribution in [2.45, 2.75) is 18.9 Å². The number of methoxy groups -OCH3 is 1. The molecule has 0 N–H and O–H groups in total. The predicted octanol–water partition coefficient (Wildman–Crippen LogP) is 2.25. The van der Waals surface area contributed by atoms with Gasteiger partial charge in [-0.1, -0.05) is 11.6 Å². The van der Waals surface area contributed by atoms with Gasteiger partial charge in [0.05, 0.1) is 11.6 Å². The van der Waals surface area contributed by atoms with Crippen LogP contribution in [0.3, 0.4) is 0 Å². The molecule has 1 fully saturated rings. The lowest BCUT2D eigenvalue weighted by Crippen LogP contribution is -2.42. The summed E-state index contributed by atoms with van der Waals surface area (Å²) >= 11 is 6.21. The van der Waals surface area contributed by atoms with Gasteiger partial charge in [-0.3, -0.25) is 4.79 Å². The number of likely N-dealkylation sites (tertiary alicyclic amines) is 1. The molecule has 0 aliphatic carbocycles. The van der Waals surface area contributed by atoms with Gasteiger partial charge in [-0.25, -0.2) is 0 Å². The molecule has 24 heavy (non-hydrogen) atoms. The van der Waals surface area contributed by atoms with Crippen molar-refractivity contribution in [3.8, 4) is 11.5 Å². The van der Waals surface area contributed by atoms with Crippen LogP contribution in [0.1, 0.15) is 23.2 Å². The Kier molecular flexibility index (Phi) is 5.48. The van der Waals surface area contributed by atoms with Gasteiger partial charge in [0, 0.05) is 38.3 Å². The molecule has 0 spiro atoms. The first-order chi connectivity index (χ1) is 11.6. The van der Waals surface area contributed by atoms with Crippen molar-refractivity contribution in [1.82, 2.24) is 9.80 Å². The highest BCUT2D eigenvalue weighted by molar-refractivity contribution is 6.32. The van der Waals surface area contributed by atoms with Crippen LogP contribution in [0.5, 0.6) is 11.5 Å². The zero-order chi connectivity index (χ0) is 17.1. The van der Waals surface area contributed by atoms with E-state index in [9.17, 15) is 4.79 Å². The first-order valence-electron chi connectivity index (χ1n) is 8.17. The van der Waals surface area contributed by atoms with Crippen LogP contribution in [-0.2, 0) is 4.74 Å². The molecule has 1 atom stereocenters. The zero-order valence-corrected chi connectivity index (χ0v) is 14.8. The standard InChI is InChI=1S/C17H23ClN2O4/c1-19(6-7-22-2)10-13-4-3-5-20(13)17(21)12-8-14(18)16-15(9-12)23-11-24-16/h8-9,13H,3-7,10-11H2,1-2H3/t13-/m0/s1. The van der Waals surface area contributed by atoms with Crippen LogP contribution in [0.25, 0.3) is 0 Å². The lowest BCUT2D eigenvalue weighted by molar-refractivity contribution is 0.0697. The maximum absolute atomic E-state index is 12.9. The number of carbonyl (C=O) groups excluding carboxylic acids is 1. The largest absolute Gasteiger partial charge is 0.454 e. The summed E-state index contributed by atoms with van der Waals surface area (Å²) in [5.41, 5.74) is 0.552. The second-order valence-corrected chi connectivity index (χ2v) is 6.65. The average molecular weight is 355 g/mol. The third-order valence-electron chi connectivity index (χ3n) is 4.51. The third kappa shape index (κ3) is 3.61. The molecule has 1 aromatic carbocycles. The molecule has 0 aromatic heterocycles. The van der Waals surface area contributed by atoms with Crippen molar-refractivity contribution in [2.24, 2.45) is 0 Å². The summed E-state index contributed by atoms with van der Waals surface area (Å²) in [6, 6.07) is 3.60. The Bertz CT molecular complexity index is 610. The van der Waals surface area contributed by atoms with Crippen molar-refractivity contribution in [3.63, 3.8) is 0 Å². The summed E-state index contributed by atoms with van der Waals surface area (Å²) in [6.45, 7) is 3.30. The highest BCUT2D eigenvalue weighted by Crippen LogP contribution is 2.40. The molecule has 1 amide bonds. The van der Waals surface area contributed by atoms with Gasteiger partial charge < -0.3 is 24.0 Å². The van der Waals surface area contributed by atoms with E-state index < -0.39 is 0 Å². The number of hydrogen-bond donors (Lipinski definition) is 0. The molecule has 7 heteroatoms. The maximum Gasteiger partial charge on any atom is 0.254 e. The van der Waals surface area contributed by atoms with Gasteiger partial charge in [0.15, 0.2) is 11.5 Å². The number of likely N-dealkylation sites (N-methyl/N-ethyl adjacent to an activating group) is 1. The van der Waals surface area contributed by atoms with Crippen molar-refractivity contribution < 1.29 is 19.0 Å². The monoisotopic (exact) mass is 354 g/mol.